The zero-order valence-corrected chi connectivity index (χ0v) is 11.5. The number of nitrogens with zero attached hydrogens (tertiary/aromatic N) is 3. The fourth-order valence-electron chi connectivity index (χ4n) is 1.64. The Kier molecular flexibility index (Phi) is 3.79. The zero-order chi connectivity index (χ0) is 12.4. The van der Waals surface area contributed by atoms with E-state index in [1.54, 1.807) is 12.1 Å². The van der Waals surface area contributed by atoms with Crippen molar-refractivity contribution in [1.82, 2.24) is 14.8 Å². The topological polar surface area (TPSA) is 30.7 Å². The molecule has 0 N–H and O–H groups in total. The van der Waals surface area contributed by atoms with Crippen LogP contribution >= 0.6 is 27.5 Å². The van der Waals surface area contributed by atoms with Crippen LogP contribution < -0.4 is 0 Å². The van der Waals surface area contributed by atoms with Crippen LogP contribution in [0.4, 0.5) is 4.39 Å². The van der Waals surface area contributed by atoms with Crippen LogP contribution in [0.1, 0.15) is 12.7 Å². The number of benzene rings is 1. The Morgan fingerprint density at radius 3 is 2.82 bits per heavy atom. The van der Waals surface area contributed by atoms with Gasteiger partial charge in [-0.15, -0.1) is 10.2 Å². The first kappa shape index (κ1) is 12.5. The Balaban J connectivity index is 2.60. The van der Waals surface area contributed by atoms with Gasteiger partial charge < -0.3 is 4.57 Å². The molecule has 6 heteroatoms. The van der Waals surface area contributed by atoms with Crippen LogP contribution in [-0.2, 0) is 11.9 Å². The summed E-state index contributed by atoms with van der Waals surface area (Å²) in [4.78, 5) is 0. The van der Waals surface area contributed by atoms with Crippen molar-refractivity contribution in [2.24, 2.45) is 0 Å². The van der Waals surface area contributed by atoms with Gasteiger partial charge in [0.2, 0.25) is 0 Å². The van der Waals surface area contributed by atoms with Gasteiger partial charge in [0.15, 0.2) is 11.6 Å². The largest absolute Gasteiger partial charge is 0.310 e. The second kappa shape index (κ2) is 5.14. The van der Waals surface area contributed by atoms with E-state index in [-0.39, 0.29) is 5.02 Å². The minimum absolute atomic E-state index is 0.0912. The summed E-state index contributed by atoms with van der Waals surface area (Å²) in [7, 11) is 0. The van der Waals surface area contributed by atoms with Crippen LogP contribution in [0.2, 0.25) is 5.02 Å². The molecule has 0 saturated carbocycles. The summed E-state index contributed by atoms with van der Waals surface area (Å²) in [6.07, 6.45) is 0. The van der Waals surface area contributed by atoms with E-state index in [0.29, 0.717) is 23.3 Å². The van der Waals surface area contributed by atoms with Gasteiger partial charge in [-0.3, -0.25) is 0 Å². The molecule has 1 aromatic carbocycles. The SMILES string of the molecule is CCn1c(CBr)nnc1-c1cccc(Cl)c1F. The molecule has 0 radical (unpaired) electrons. The summed E-state index contributed by atoms with van der Waals surface area (Å²) < 4.78 is 15.7. The highest BCUT2D eigenvalue weighted by Crippen LogP contribution is 2.27. The van der Waals surface area contributed by atoms with Gasteiger partial charge in [-0.2, -0.15) is 0 Å². The Labute approximate surface area is 112 Å². The smallest absolute Gasteiger partial charge is 0.166 e. The summed E-state index contributed by atoms with van der Waals surface area (Å²) in [5.41, 5.74) is 0.374. The fourth-order valence-corrected chi connectivity index (χ4v) is 2.23. The molecule has 0 bridgehead atoms. The molecule has 3 nitrogen and oxygen atoms in total. The molecule has 0 unspecified atom stereocenters. The lowest BCUT2D eigenvalue weighted by atomic mass is 10.2. The van der Waals surface area contributed by atoms with Crippen molar-refractivity contribution in [3.8, 4) is 11.4 Å². The maximum Gasteiger partial charge on any atom is 0.166 e. The number of hydrogen-bond donors (Lipinski definition) is 0. The first-order chi connectivity index (χ1) is 8.19. The molecule has 2 rings (SSSR count). The van der Waals surface area contributed by atoms with Crippen molar-refractivity contribution < 1.29 is 4.39 Å². The van der Waals surface area contributed by atoms with Crippen LogP contribution in [0.25, 0.3) is 11.4 Å². The third-order valence-electron chi connectivity index (χ3n) is 2.46. The van der Waals surface area contributed by atoms with Crippen LogP contribution in [0.3, 0.4) is 0 Å². The van der Waals surface area contributed by atoms with E-state index in [4.69, 9.17) is 11.6 Å². The summed E-state index contributed by atoms with van der Waals surface area (Å²) >= 11 is 9.08. The highest BCUT2D eigenvalue weighted by Gasteiger charge is 2.16. The molecule has 0 aliphatic carbocycles. The summed E-state index contributed by atoms with van der Waals surface area (Å²) in [5, 5.41) is 8.69. The molecule has 0 atom stereocenters. The summed E-state index contributed by atoms with van der Waals surface area (Å²) in [6, 6.07) is 4.86. The van der Waals surface area contributed by atoms with Gasteiger partial charge in [-0.05, 0) is 19.1 Å². The number of alkyl halides is 1. The number of aromatic nitrogens is 3. The molecule has 0 amide bonds. The maximum absolute atomic E-state index is 13.9. The molecule has 1 aromatic heterocycles. The van der Waals surface area contributed by atoms with Crippen LogP contribution in [0, 0.1) is 5.82 Å². The first-order valence-electron chi connectivity index (χ1n) is 5.11. The Bertz CT molecular complexity index is 542. The molecule has 0 saturated heterocycles. The van der Waals surface area contributed by atoms with Gasteiger partial charge in [0.05, 0.1) is 15.9 Å². The quantitative estimate of drug-likeness (QED) is 0.809. The van der Waals surface area contributed by atoms with E-state index in [1.165, 1.54) is 6.07 Å². The van der Waals surface area contributed by atoms with E-state index < -0.39 is 5.82 Å². The predicted octanol–water partition coefficient (Wildman–Crippen LogP) is 3.65. The zero-order valence-electron chi connectivity index (χ0n) is 9.12. The number of hydrogen-bond acceptors (Lipinski definition) is 2. The Morgan fingerprint density at radius 1 is 1.41 bits per heavy atom. The van der Waals surface area contributed by atoms with Gasteiger partial charge in [-0.25, -0.2) is 4.39 Å². The molecular formula is C11H10BrClFN3. The normalized spacial score (nSPS) is 10.8. The third-order valence-corrected chi connectivity index (χ3v) is 3.25. The van der Waals surface area contributed by atoms with Crippen molar-refractivity contribution in [3.63, 3.8) is 0 Å². The Hall–Kier alpha value is -0.940. The average Bonchev–Trinajstić information content (AvgIpc) is 2.75. The van der Waals surface area contributed by atoms with Gasteiger partial charge in [0.1, 0.15) is 5.82 Å². The standard InChI is InChI=1S/C11H10BrClFN3/c1-2-17-9(6-12)15-16-11(17)7-4-3-5-8(13)10(7)14/h3-5H,2,6H2,1H3. The van der Waals surface area contributed by atoms with Gasteiger partial charge in [0, 0.05) is 6.54 Å². The van der Waals surface area contributed by atoms with E-state index >= 15 is 0 Å². The van der Waals surface area contributed by atoms with Gasteiger partial charge in [0.25, 0.3) is 0 Å². The van der Waals surface area contributed by atoms with Crippen molar-refractivity contribution in [1.29, 1.82) is 0 Å². The van der Waals surface area contributed by atoms with Crippen molar-refractivity contribution in [3.05, 3.63) is 34.9 Å². The number of rotatable bonds is 3. The summed E-state index contributed by atoms with van der Waals surface area (Å²) in [6.45, 7) is 2.64. The molecule has 0 fully saturated rings. The molecule has 1 heterocycles. The minimum Gasteiger partial charge on any atom is -0.310 e. The Morgan fingerprint density at radius 2 is 2.18 bits per heavy atom. The van der Waals surface area contributed by atoms with Crippen LogP contribution in [0.5, 0.6) is 0 Å². The van der Waals surface area contributed by atoms with Crippen molar-refractivity contribution >= 4 is 27.5 Å². The van der Waals surface area contributed by atoms with Gasteiger partial charge in [-0.1, -0.05) is 33.6 Å². The molecule has 0 aliphatic rings. The molecular weight excluding hydrogens is 308 g/mol. The van der Waals surface area contributed by atoms with E-state index in [9.17, 15) is 4.39 Å². The second-order valence-corrected chi connectivity index (χ2v) is 4.39. The average molecular weight is 319 g/mol. The molecule has 0 aliphatic heterocycles. The van der Waals surface area contributed by atoms with E-state index in [1.807, 2.05) is 11.5 Å². The molecule has 90 valence electrons. The van der Waals surface area contributed by atoms with Gasteiger partial charge >= 0.3 is 0 Å². The minimum atomic E-state index is -0.461. The highest BCUT2D eigenvalue weighted by atomic mass is 79.9. The lowest BCUT2D eigenvalue weighted by Gasteiger charge is -2.07. The highest BCUT2D eigenvalue weighted by molar-refractivity contribution is 9.08. The van der Waals surface area contributed by atoms with Crippen molar-refractivity contribution in [2.45, 2.75) is 18.8 Å². The monoisotopic (exact) mass is 317 g/mol. The summed E-state index contributed by atoms with van der Waals surface area (Å²) in [5.74, 6) is 0.807. The first-order valence-corrected chi connectivity index (χ1v) is 6.61. The lowest BCUT2D eigenvalue weighted by Crippen LogP contribution is -2.02. The second-order valence-electron chi connectivity index (χ2n) is 3.42. The van der Waals surface area contributed by atoms with Crippen LogP contribution in [0.15, 0.2) is 18.2 Å². The fraction of sp³-hybridized carbons (Fsp3) is 0.273. The molecule has 2 aromatic rings. The predicted molar refractivity (Wildman–Crippen MR) is 68.7 cm³/mol. The third kappa shape index (κ3) is 2.21. The van der Waals surface area contributed by atoms with E-state index in [0.717, 1.165) is 5.82 Å². The lowest BCUT2D eigenvalue weighted by molar-refractivity contribution is 0.627. The molecule has 17 heavy (non-hydrogen) atoms. The maximum atomic E-state index is 13.9. The van der Waals surface area contributed by atoms with Crippen LogP contribution in [-0.4, -0.2) is 14.8 Å². The van der Waals surface area contributed by atoms with E-state index in [2.05, 4.69) is 26.1 Å². The van der Waals surface area contributed by atoms with Crippen molar-refractivity contribution in [2.75, 3.05) is 0 Å². The molecule has 0 spiro atoms. The number of halogens is 3.